The summed E-state index contributed by atoms with van der Waals surface area (Å²) in [4.78, 5) is 5.54. The van der Waals surface area contributed by atoms with Gasteiger partial charge in [-0.1, -0.05) is 18.5 Å². The van der Waals surface area contributed by atoms with Gasteiger partial charge in [-0.2, -0.15) is 13.2 Å². The van der Waals surface area contributed by atoms with Crippen LogP contribution in [0.4, 0.5) is 19.0 Å². The third kappa shape index (κ3) is 2.88. The molecule has 0 aromatic carbocycles. The molecule has 0 bridgehead atoms. The van der Waals surface area contributed by atoms with E-state index in [4.69, 9.17) is 11.6 Å². The van der Waals surface area contributed by atoms with E-state index in [2.05, 4.69) is 11.9 Å². The van der Waals surface area contributed by atoms with Crippen molar-refractivity contribution < 1.29 is 13.2 Å². The number of nitrogens with zero attached hydrogens (tertiary/aromatic N) is 2. The summed E-state index contributed by atoms with van der Waals surface area (Å²) in [5.41, 5.74) is -1.000. The molecule has 0 unspecified atom stereocenters. The van der Waals surface area contributed by atoms with Crippen molar-refractivity contribution in [3.05, 3.63) is 22.8 Å². The van der Waals surface area contributed by atoms with E-state index < -0.39 is 11.9 Å². The van der Waals surface area contributed by atoms with Crippen LogP contribution in [0.15, 0.2) is 12.1 Å². The molecule has 0 aliphatic carbocycles. The molecular weight excluding hydrogens is 265 g/mol. The SMILES string of the molecule is CC1CCN(c2ccc(Cl)c(C(F)(F)F)n2)CC1. The van der Waals surface area contributed by atoms with Crippen molar-refractivity contribution in [2.45, 2.75) is 25.9 Å². The summed E-state index contributed by atoms with van der Waals surface area (Å²) in [6, 6.07) is 2.82. The highest BCUT2D eigenvalue weighted by atomic mass is 35.5. The lowest BCUT2D eigenvalue weighted by Gasteiger charge is -2.31. The van der Waals surface area contributed by atoms with Crippen LogP contribution in [0, 0.1) is 5.92 Å². The Morgan fingerprint density at radius 3 is 2.44 bits per heavy atom. The van der Waals surface area contributed by atoms with E-state index in [0.29, 0.717) is 11.7 Å². The van der Waals surface area contributed by atoms with Crippen LogP contribution in [-0.4, -0.2) is 18.1 Å². The average Bonchev–Trinajstić information content (AvgIpc) is 2.29. The Morgan fingerprint density at radius 1 is 1.28 bits per heavy atom. The first kappa shape index (κ1) is 13.5. The van der Waals surface area contributed by atoms with E-state index in [9.17, 15) is 13.2 Å². The van der Waals surface area contributed by atoms with Gasteiger partial charge in [0.05, 0.1) is 5.02 Å². The number of aromatic nitrogens is 1. The van der Waals surface area contributed by atoms with Gasteiger partial charge in [0, 0.05) is 13.1 Å². The Morgan fingerprint density at radius 2 is 1.89 bits per heavy atom. The van der Waals surface area contributed by atoms with Gasteiger partial charge in [-0.05, 0) is 30.9 Å². The topological polar surface area (TPSA) is 16.1 Å². The second-order valence-corrected chi connectivity index (χ2v) is 5.07. The van der Waals surface area contributed by atoms with E-state index in [1.807, 2.05) is 4.90 Å². The average molecular weight is 279 g/mol. The molecule has 1 aliphatic heterocycles. The van der Waals surface area contributed by atoms with E-state index >= 15 is 0 Å². The van der Waals surface area contributed by atoms with Gasteiger partial charge in [0.2, 0.25) is 0 Å². The molecule has 1 aromatic heterocycles. The molecule has 0 N–H and O–H groups in total. The van der Waals surface area contributed by atoms with Gasteiger partial charge in [0.25, 0.3) is 0 Å². The number of piperidine rings is 1. The Labute approximate surface area is 109 Å². The number of hydrogen-bond donors (Lipinski definition) is 0. The van der Waals surface area contributed by atoms with Gasteiger partial charge in [-0.3, -0.25) is 0 Å². The number of pyridine rings is 1. The quantitative estimate of drug-likeness (QED) is 0.772. The Kier molecular flexibility index (Phi) is 3.71. The van der Waals surface area contributed by atoms with Crippen LogP contribution in [-0.2, 0) is 6.18 Å². The zero-order valence-corrected chi connectivity index (χ0v) is 10.7. The normalized spacial score (nSPS) is 18.2. The molecule has 0 amide bonds. The molecule has 2 rings (SSSR count). The maximum atomic E-state index is 12.7. The van der Waals surface area contributed by atoms with Crippen LogP contribution in [0.5, 0.6) is 0 Å². The summed E-state index contributed by atoms with van der Waals surface area (Å²) < 4.78 is 38.1. The van der Waals surface area contributed by atoms with Crippen molar-refractivity contribution in [3.8, 4) is 0 Å². The number of hydrogen-bond acceptors (Lipinski definition) is 2. The van der Waals surface area contributed by atoms with Crippen LogP contribution in [0.1, 0.15) is 25.5 Å². The third-order valence-corrected chi connectivity index (χ3v) is 3.51. The highest BCUT2D eigenvalue weighted by Crippen LogP contribution is 2.34. The highest BCUT2D eigenvalue weighted by Gasteiger charge is 2.36. The van der Waals surface area contributed by atoms with Crippen LogP contribution in [0.3, 0.4) is 0 Å². The highest BCUT2D eigenvalue weighted by molar-refractivity contribution is 6.31. The van der Waals surface area contributed by atoms with Gasteiger partial charge in [0.15, 0.2) is 5.69 Å². The van der Waals surface area contributed by atoms with Crippen LogP contribution in [0.2, 0.25) is 5.02 Å². The van der Waals surface area contributed by atoms with Crippen molar-refractivity contribution in [3.63, 3.8) is 0 Å². The Bertz CT molecular complexity index is 426. The zero-order valence-electron chi connectivity index (χ0n) is 9.97. The lowest BCUT2D eigenvalue weighted by atomic mass is 9.99. The molecule has 1 aliphatic rings. The summed E-state index contributed by atoms with van der Waals surface area (Å²) in [6.07, 6.45) is -2.55. The summed E-state index contributed by atoms with van der Waals surface area (Å²) in [6.45, 7) is 3.63. The fourth-order valence-corrected chi connectivity index (χ4v) is 2.26. The predicted molar refractivity (Wildman–Crippen MR) is 64.9 cm³/mol. The third-order valence-electron chi connectivity index (χ3n) is 3.21. The van der Waals surface area contributed by atoms with E-state index in [1.165, 1.54) is 6.07 Å². The smallest absolute Gasteiger partial charge is 0.357 e. The summed E-state index contributed by atoms with van der Waals surface area (Å²) >= 11 is 5.54. The molecule has 2 nitrogen and oxygen atoms in total. The van der Waals surface area contributed by atoms with Crippen molar-refractivity contribution in [1.29, 1.82) is 0 Å². The summed E-state index contributed by atoms with van der Waals surface area (Å²) in [5.74, 6) is 0.981. The maximum Gasteiger partial charge on any atom is 0.434 e. The van der Waals surface area contributed by atoms with Crippen molar-refractivity contribution >= 4 is 17.4 Å². The van der Waals surface area contributed by atoms with E-state index in [-0.39, 0.29) is 5.02 Å². The molecular formula is C12H14ClF3N2. The number of rotatable bonds is 1. The Balaban J connectivity index is 2.24. The summed E-state index contributed by atoms with van der Waals surface area (Å²) in [7, 11) is 0. The van der Waals surface area contributed by atoms with Gasteiger partial charge in [-0.15, -0.1) is 0 Å². The molecule has 100 valence electrons. The molecule has 1 saturated heterocycles. The first-order valence-corrected chi connectivity index (χ1v) is 6.24. The standard InChI is InChI=1S/C12H14ClF3N2/c1-8-4-6-18(7-5-8)10-3-2-9(13)11(17-10)12(14,15)16/h2-3,8H,4-7H2,1H3. The monoisotopic (exact) mass is 278 g/mol. The predicted octanol–water partition coefficient (Wildman–Crippen LogP) is 3.99. The van der Waals surface area contributed by atoms with Gasteiger partial charge < -0.3 is 4.90 Å². The van der Waals surface area contributed by atoms with E-state index in [0.717, 1.165) is 25.9 Å². The van der Waals surface area contributed by atoms with Crippen molar-refractivity contribution in [1.82, 2.24) is 4.98 Å². The molecule has 0 radical (unpaired) electrons. The molecule has 0 atom stereocenters. The first-order valence-electron chi connectivity index (χ1n) is 5.86. The van der Waals surface area contributed by atoms with Crippen molar-refractivity contribution in [2.24, 2.45) is 5.92 Å². The number of alkyl halides is 3. The second-order valence-electron chi connectivity index (χ2n) is 4.67. The fraction of sp³-hybridized carbons (Fsp3) is 0.583. The van der Waals surface area contributed by atoms with Gasteiger partial charge >= 0.3 is 6.18 Å². The molecule has 2 heterocycles. The van der Waals surface area contributed by atoms with Crippen LogP contribution < -0.4 is 4.90 Å². The molecule has 1 aromatic rings. The molecule has 1 fully saturated rings. The van der Waals surface area contributed by atoms with Gasteiger partial charge in [-0.25, -0.2) is 4.98 Å². The first-order chi connectivity index (χ1) is 8.38. The maximum absolute atomic E-state index is 12.7. The van der Waals surface area contributed by atoms with E-state index in [1.54, 1.807) is 6.07 Å². The van der Waals surface area contributed by atoms with Crippen LogP contribution >= 0.6 is 11.6 Å². The lowest BCUT2D eigenvalue weighted by Crippen LogP contribution is -2.33. The number of halogens is 4. The zero-order chi connectivity index (χ0) is 13.3. The largest absolute Gasteiger partial charge is 0.434 e. The molecule has 6 heteroatoms. The van der Waals surface area contributed by atoms with Crippen molar-refractivity contribution in [2.75, 3.05) is 18.0 Å². The minimum absolute atomic E-state index is 0.350. The molecule has 0 spiro atoms. The summed E-state index contributed by atoms with van der Waals surface area (Å²) in [5, 5.41) is -0.350. The Hall–Kier alpha value is -0.970. The lowest BCUT2D eigenvalue weighted by molar-refractivity contribution is -0.141. The minimum Gasteiger partial charge on any atom is -0.357 e. The number of anilines is 1. The minimum atomic E-state index is -4.50. The fourth-order valence-electron chi connectivity index (χ4n) is 2.04. The molecule has 18 heavy (non-hydrogen) atoms. The van der Waals surface area contributed by atoms with Crippen LogP contribution in [0.25, 0.3) is 0 Å². The molecule has 0 saturated carbocycles. The van der Waals surface area contributed by atoms with Gasteiger partial charge in [0.1, 0.15) is 5.82 Å². The second kappa shape index (κ2) is 4.96.